The molecule has 1 fully saturated rings. The zero-order valence-electron chi connectivity index (χ0n) is 18.3. The average Bonchev–Trinajstić information content (AvgIpc) is 3.08. The zero-order chi connectivity index (χ0) is 25.8. The number of anilines is 1. The average molecular weight is 610 g/mol. The molecule has 3 aromatic rings. The summed E-state index contributed by atoms with van der Waals surface area (Å²) in [5.74, 6) is -1.57. The monoisotopic (exact) mass is 608 g/mol. The summed E-state index contributed by atoms with van der Waals surface area (Å²) in [5.41, 5.74) is 1.29. The van der Waals surface area contributed by atoms with Crippen molar-refractivity contribution in [2.24, 2.45) is 0 Å². The van der Waals surface area contributed by atoms with E-state index in [1.54, 1.807) is 24.3 Å². The number of carbonyl (C=O) groups is 3. The number of carbonyl (C=O) groups excluding carboxylic acids is 3. The van der Waals surface area contributed by atoms with E-state index in [1.165, 1.54) is 24.3 Å². The number of thioether (sulfide) groups is 1. The SMILES string of the molecule is O=C(CN1C(=O)S/C(=C\c2cc(Cl)c(OCc3ccccc3Cl)c(Br)c2)C1=O)Nc1ccccc1F. The fraction of sp³-hybridized carbons (Fsp3) is 0.0800. The molecule has 184 valence electrons. The van der Waals surface area contributed by atoms with Gasteiger partial charge in [-0.05, 0) is 69.7 Å². The predicted octanol–water partition coefficient (Wildman–Crippen LogP) is 7.15. The minimum absolute atomic E-state index is 0.0404. The summed E-state index contributed by atoms with van der Waals surface area (Å²) in [6.45, 7) is -0.346. The number of benzene rings is 3. The Morgan fingerprint density at radius 3 is 2.53 bits per heavy atom. The summed E-state index contributed by atoms with van der Waals surface area (Å²) in [5, 5.41) is 2.60. The van der Waals surface area contributed by atoms with Gasteiger partial charge < -0.3 is 10.1 Å². The molecule has 1 N–H and O–H groups in total. The van der Waals surface area contributed by atoms with E-state index in [0.717, 1.165) is 10.5 Å². The summed E-state index contributed by atoms with van der Waals surface area (Å²) >= 11 is 16.7. The first kappa shape index (κ1) is 26.2. The maximum absolute atomic E-state index is 13.8. The fourth-order valence-corrected chi connectivity index (χ4v) is 5.27. The molecule has 0 bridgehead atoms. The van der Waals surface area contributed by atoms with Crippen LogP contribution in [0.25, 0.3) is 6.08 Å². The summed E-state index contributed by atoms with van der Waals surface area (Å²) < 4.78 is 20.1. The number of ether oxygens (including phenoxy) is 1. The van der Waals surface area contributed by atoms with Crippen LogP contribution >= 0.6 is 50.9 Å². The molecule has 11 heteroatoms. The van der Waals surface area contributed by atoms with E-state index in [2.05, 4.69) is 21.2 Å². The molecule has 0 aromatic heterocycles. The minimum atomic E-state index is -0.700. The Kier molecular flexibility index (Phi) is 8.35. The summed E-state index contributed by atoms with van der Waals surface area (Å²) in [6, 6.07) is 16.1. The lowest BCUT2D eigenvalue weighted by Crippen LogP contribution is -2.36. The van der Waals surface area contributed by atoms with E-state index in [-0.39, 0.29) is 22.2 Å². The molecular formula is C25H16BrCl2FN2O4S. The molecule has 0 aliphatic carbocycles. The van der Waals surface area contributed by atoms with Crippen molar-refractivity contribution in [1.82, 2.24) is 4.90 Å². The molecule has 4 rings (SSSR count). The van der Waals surface area contributed by atoms with Gasteiger partial charge in [-0.15, -0.1) is 0 Å². The van der Waals surface area contributed by atoms with Crippen molar-refractivity contribution in [2.75, 3.05) is 11.9 Å². The fourth-order valence-electron chi connectivity index (χ4n) is 3.25. The Labute approximate surface area is 228 Å². The first-order valence-corrected chi connectivity index (χ1v) is 12.7. The number of halogens is 4. The molecule has 36 heavy (non-hydrogen) atoms. The number of rotatable bonds is 7. The Hall–Kier alpha value is -2.85. The van der Waals surface area contributed by atoms with Gasteiger partial charge in [0.2, 0.25) is 5.91 Å². The van der Waals surface area contributed by atoms with Gasteiger partial charge in [-0.2, -0.15) is 0 Å². The second kappa shape index (κ2) is 11.5. The van der Waals surface area contributed by atoms with Crippen molar-refractivity contribution in [3.8, 4) is 5.75 Å². The van der Waals surface area contributed by atoms with E-state index in [9.17, 15) is 18.8 Å². The molecule has 0 spiro atoms. The molecule has 1 aliphatic heterocycles. The van der Waals surface area contributed by atoms with Gasteiger partial charge in [0.25, 0.3) is 11.1 Å². The largest absolute Gasteiger partial charge is 0.486 e. The molecule has 3 aromatic carbocycles. The molecule has 0 atom stereocenters. The van der Waals surface area contributed by atoms with Gasteiger partial charge in [-0.3, -0.25) is 19.3 Å². The van der Waals surface area contributed by atoms with Crippen molar-refractivity contribution in [3.63, 3.8) is 0 Å². The van der Waals surface area contributed by atoms with E-state index in [1.807, 2.05) is 18.2 Å². The first-order chi connectivity index (χ1) is 17.2. The third-order valence-electron chi connectivity index (χ3n) is 4.97. The molecule has 3 amide bonds. The molecule has 0 saturated carbocycles. The number of nitrogens with one attached hydrogen (secondary N) is 1. The second-order valence-electron chi connectivity index (χ2n) is 7.49. The lowest BCUT2D eigenvalue weighted by Gasteiger charge is -2.13. The number of hydrogen-bond donors (Lipinski definition) is 1. The summed E-state index contributed by atoms with van der Waals surface area (Å²) in [6.07, 6.45) is 1.49. The van der Waals surface area contributed by atoms with Gasteiger partial charge in [0, 0.05) is 10.6 Å². The van der Waals surface area contributed by atoms with Gasteiger partial charge in [-0.1, -0.05) is 53.5 Å². The van der Waals surface area contributed by atoms with Crippen molar-refractivity contribution in [3.05, 3.63) is 97.0 Å². The van der Waals surface area contributed by atoms with Gasteiger partial charge in [-0.25, -0.2) is 4.39 Å². The summed E-state index contributed by atoms with van der Waals surface area (Å²) in [4.78, 5) is 38.4. The van der Waals surface area contributed by atoms with E-state index in [4.69, 9.17) is 27.9 Å². The maximum atomic E-state index is 13.8. The molecule has 0 radical (unpaired) electrons. The second-order valence-corrected chi connectivity index (χ2v) is 10.2. The van der Waals surface area contributed by atoms with Crippen molar-refractivity contribution in [2.45, 2.75) is 6.61 Å². The lowest BCUT2D eigenvalue weighted by atomic mass is 10.2. The standard InChI is InChI=1S/C25H16BrCl2FN2O4S/c26-16-9-14(10-18(28)23(16)35-13-15-5-1-2-6-17(15)27)11-21-24(33)31(25(34)36-21)12-22(32)30-20-8-4-3-7-19(20)29/h1-11H,12-13H2,(H,30,32)/b21-11-. The van der Waals surface area contributed by atoms with Gasteiger partial charge >= 0.3 is 0 Å². The van der Waals surface area contributed by atoms with Crippen molar-refractivity contribution in [1.29, 1.82) is 0 Å². The third kappa shape index (κ3) is 6.10. The van der Waals surface area contributed by atoms with Gasteiger partial charge in [0.15, 0.2) is 5.75 Å². The number of nitrogens with zero attached hydrogens (tertiary/aromatic N) is 1. The topological polar surface area (TPSA) is 75.7 Å². The Morgan fingerprint density at radius 2 is 1.81 bits per heavy atom. The van der Waals surface area contributed by atoms with Crippen LogP contribution in [0.3, 0.4) is 0 Å². The van der Waals surface area contributed by atoms with Crippen LogP contribution < -0.4 is 10.1 Å². The normalized spacial score (nSPS) is 14.4. The maximum Gasteiger partial charge on any atom is 0.294 e. The highest BCUT2D eigenvalue weighted by atomic mass is 79.9. The Balaban J connectivity index is 1.45. The molecular weight excluding hydrogens is 594 g/mol. The van der Waals surface area contributed by atoms with Crippen LogP contribution in [0, 0.1) is 5.82 Å². The van der Waals surface area contributed by atoms with Crippen molar-refractivity contribution < 1.29 is 23.5 Å². The van der Waals surface area contributed by atoms with E-state index >= 15 is 0 Å². The van der Waals surface area contributed by atoms with E-state index in [0.29, 0.717) is 32.6 Å². The van der Waals surface area contributed by atoms with Crippen LogP contribution in [0.2, 0.25) is 10.0 Å². The smallest absolute Gasteiger partial charge is 0.294 e. The van der Waals surface area contributed by atoms with Gasteiger partial charge in [0.05, 0.1) is 20.1 Å². The van der Waals surface area contributed by atoms with Crippen LogP contribution in [0.15, 0.2) is 70.0 Å². The third-order valence-corrected chi connectivity index (χ3v) is 7.12. The van der Waals surface area contributed by atoms with Crippen LogP contribution in [0.5, 0.6) is 5.75 Å². The highest BCUT2D eigenvalue weighted by Gasteiger charge is 2.36. The quantitative estimate of drug-likeness (QED) is 0.288. The number of imide groups is 1. The predicted molar refractivity (Wildman–Crippen MR) is 143 cm³/mol. The van der Waals surface area contributed by atoms with Crippen LogP contribution in [-0.4, -0.2) is 28.5 Å². The van der Waals surface area contributed by atoms with Gasteiger partial charge in [0.1, 0.15) is 19.0 Å². The highest BCUT2D eigenvalue weighted by Crippen LogP contribution is 2.38. The van der Waals surface area contributed by atoms with Crippen LogP contribution in [0.1, 0.15) is 11.1 Å². The van der Waals surface area contributed by atoms with Crippen LogP contribution in [0.4, 0.5) is 14.9 Å². The Bertz CT molecular complexity index is 1380. The molecule has 1 aliphatic rings. The van der Waals surface area contributed by atoms with Crippen molar-refractivity contribution >= 4 is 79.7 Å². The first-order valence-electron chi connectivity index (χ1n) is 10.4. The highest BCUT2D eigenvalue weighted by molar-refractivity contribution is 9.10. The lowest BCUT2D eigenvalue weighted by molar-refractivity contribution is -0.127. The zero-order valence-corrected chi connectivity index (χ0v) is 22.2. The van der Waals surface area contributed by atoms with E-state index < -0.39 is 29.4 Å². The molecule has 1 saturated heterocycles. The Morgan fingerprint density at radius 1 is 1.08 bits per heavy atom. The number of amides is 3. The number of hydrogen-bond acceptors (Lipinski definition) is 5. The summed E-state index contributed by atoms with van der Waals surface area (Å²) in [7, 11) is 0. The number of para-hydroxylation sites is 1. The molecule has 6 nitrogen and oxygen atoms in total. The minimum Gasteiger partial charge on any atom is -0.486 e. The van der Waals surface area contributed by atoms with Crippen LogP contribution in [-0.2, 0) is 16.2 Å². The molecule has 1 heterocycles. The molecule has 0 unspecified atom stereocenters.